The fourth-order valence-corrected chi connectivity index (χ4v) is 3.40. The van der Waals surface area contributed by atoms with Crippen LogP contribution in [0.4, 0.5) is 10.1 Å². The summed E-state index contributed by atoms with van der Waals surface area (Å²) in [5.74, 6) is -2.89. The number of hydrogen-bond donors (Lipinski definition) is 1. The fraction of sp³-hybridized carbons (Fsp3) is 0.176. The van der Waals surface area contributed by atoms with Crippen LogP contribution in [0.3, 0.4) is 0 Å². The molecule has 0 bridgehead atoms. The maximum atomic E-state index is 12.8. The van der Waals surface area contributed by atoms with Gasteiger partial charge in [-0.3, -0.25) is 4.79 Å². The van der Waals surface area contributed by atoms with Crippen LogP contribution in [0.5, 0.6) is 0 Å². The average molecular weight is 365 g/mol. The van der Waals surface area contributed by atoms with Crippen molar-refractivity contribution in [3.63, 3.8) is 0 Å². The van der Waals surface area contributed by atoms with Crippen LogP contribution >= 0.6 is 0 Å². The maximum absolute atomic E-state index is 12.8. The number of hydrogen-bond acceptors (Lipinski definition) is 5. The molecule has 0 unspecified atom stereocenters. The third-order valence-electron chi connectivity index (χ3n) is 3.21. The number of halogens is 1. The highest BCUT2D eigenvalue weighted by Crippen LogP contribution is 2.12. The molecule has 0 aliphatic heterocycles. The molecule has 0 aromatic heterocycles. The monoisotopic (exact) mass is 365 g/mol. The molecule has 0 fully saturated rings. The molecule has 1 amide bonds. The molecule has 0 heterocycles. The molecule has 0 saturated heterocycles. The zero-order valence-electron chi connectivity index (χ0n) is 13.4. The number of sulfone groups is 1. The molecule has 2 rings (SSSR count). The van der Waals surface area contributed by atoms with Gasteiger partial charge in [0.15, 0.2) is 9.84 Å². The van der Waals surface area contributed by atoms with Crippen molar-refractivity contribution >= 4 is 27.4 Å². The molecule has 132 valence electrons. The van der Waals surface area contributed by atoms with E-state index in [1.54, 1.807) is 6.07 Å². The van der Waals surface area contributed by atoms with Crippen LogP contribution in [0.1, 0.15) is 15.9 Å². The van der Waals surface area contributed by atoms with Gasteiger partial charge in [-0.1, -0.05) is 12.1 Å². The van der Waals surface area contributed by atoms with Crippen LogP contribution in [0.25, 0.3) is 0 Å². The van der Waals surface area contributed by atoms with Gasteiger partial charge in [-0.25, -0.2) is 17.6 Å². The van der Waals surface area contributed by atoms with E-state index < -0.39 is 39.0 Å². The SMILES string of the molecule is COC(=O)c1cccc(CS(=O)(=O)CC(=O)Nc2ccc(F)cc2)c1. The Hall–Kier alpha value is -2.74. The predicted molar refractivity (Wildman–Crippen MR) is 90.3 cm³/mol. The molecule has 0 saturated carbocycles. The first-order valence-corrected chi connectivity index (χ1v) is 9.04. The topological polar surface area (TPSA) is 89.5 Å². The van der Waals surface area contributed by atoms with Crippen molar-refractivity contribution in [1.29, 1.82) is 0 Å². The molecule has 0 aliphatic rings. The van der Waals surface area contributed by atoms with Gasteiger partial charge in [-0.15, -0.1) is 0 Å². The molecule has 1 N–H and O–H groups in total. The van der Waals surface area contributed by atoms with Crippen LogP contribution in [0, 0.1) is 5.82 Å². The molecular formula is C17H16FNO5S. The van der Waals surface area contributed by atoms with E-state index in [9.17, 15) is 22.4 Å². The van der Waals surface area contributed by atoms with Crippen molar-refractivity contribution in [1.82, 2.24) is 0 Å². The standard InChI is InChI=1S/C17H16FNO5S/c1-24-17(21)13-4-2-3-12(9-13)10-25(22,23)11-16(20)19-15-7-5-14(18)6-8-15/h2-9H,10-11H2,1H3,(H,19,20). The largest absolute Gasteiger partial charge is 0.465 e. The van der Waals surface area contributed by atoms with Gasteiger partial charge in [0, 0.05) is 5.69 Å². The lowest BCUT2D eigenvalue weighted by Crippen LogP contribution is -2.24. The highest BCUT2D eigenvalue weighted by atomic mass is 32.2. The van der Waals surface area contributed by atoms with Crippen molar-refractivity contribution in [2.45, 2.75) is 5.75 Å². The number of carbonyl (C=O) groups is 2. The smallest absolute Gasteiger partial charge is 0.337 e. The van der Waals surface area contributed by atoms with Crippen LogP contribution in [-0.2, 0) is 25.1 Å². The molecule has 0 spiro atoms. The average Bonchev–Trinajstić information content (AvgIpc) is 2.55. The summed E-state index contributed by atoms with van der Waals surface area (Å²) in [4.78, 5) is 23.3. The second-order valence-corrected chi connectivity index (χ2v) is 7.34. The Morgan fingerprint density at radius 3 is 2.44 bits per heavy atom. The summed E-state index contributed by atoms with van der Waals surface area (Å²) in [6.07, 6.45) is 0. The minimum Gasteiger partial charge on any atom is -0.465 e. The van der Waals surface area contributed by atoms with Crippen LogP contribution in [0.15, 0.2) is 48.5 Å². The first kappa shape index (κ1) is 18.6. The zero-order valence-corrected chi connectivity index (χ0v) is 14.2. The highest BCUT2D eigenvalue weighted by molar-refractivity contribution is 7.91. The lowest BCUT2D eigenvalue weighted by Gasteiger charge is -2.07. The van der Waals surface area contributed by atoms with Crippen molar-refractivity contribution in [2.75, 3.05) is 18.2 Å². The third-order valence-corrected chi connectivity index (χ3v) is 4.69. The maximum Gasteiger partial charge on any atom is 0.337 e. The Balaban J connectivity index is 2.02. The minimum atomic E-state index is -3.75. The third kappa shape index (κ3) is 5.68. The van der Waals surface area contributed by atoms with E-state index in [2.05, 4.69) is 10.1 Å². The summed E-state index contributed by atoms with van der Waals surface area (Å²) < 4.78 is 41.7. The number of rotatable bonds is 6. The van der Waals surface area contributed by atoms with E-state index in [1.807, 2.05) is 0 Å². The number of anilines is 1. The number of carbonyl (C=O) groups excluding carboxylic acids is 2. The Bertz CT molecular complexity index is 878. The quantitative estimate of drug-likeness (QED) is 0.793. The van der Waals surface area contributed by atoms with Crippen molar-refractivity contribution in [3.8, 4) is 0 Å². The normalized spacial score (nSPS) is 11.0. The van der Waals surface area contributed by atoms with Gasteiger partial charge in [0.25, 0.3) is 0 Å². The van der Waals surface area contributed by atoms with E-state index in [0.717, 1.165) is 12.1 Å². The molecule has 2 aromatic rings. The first-order chi connectivity index (χ1) is 11.8. The number of amides is 1. The van der Waals surface area contributed by atoms with Gasteiger partial charge in [-0.05, 0) is 42.0 Å². The lowest BCUT2D eigenvalue weighted by molar-refractivity contribution is -0.113. The Labute approximate surface area is 144 Å². The molecule has 0 radical (unpaired) electrons. The summed E-state index contributed by atoms with van der Waals surface area (Å²) >= 11 is 0. The van der Waals surface area contributed by atoms with Gasteiger partial charge in [0.2, 0.25) is 5.91 Å². The van der Waals surface area contributed by atoms with E-state index in [0.29, 0.717) is 11.3 Å². The number of ether oxygens (including phenoxy) is 1. The van der Waals surface area contributed by atoms with Crippen molar-refractivity contribution < 1.29 is 27.1 Å². The second-order valence-electron chi connectivity index (χ2n) is 5.28. The van der Waals surface area contributed by atoms with E-state index in [4.69, 9.17) is 0 Å². The van der Waals surface area contributed by atoms with E-state index in [1.165, 1.54) is 37.4 Å². The fourth-order valence-electron chi connectivity index (χ4n) is 2.14. The lowest BCUT2D eigenvalue weighted by atomic mass is 10.1. The van der Waals surface area contributed by atoms with Crippen molar-refractivity contribution in [2.24, 2.45) is 0 Å². The van der Waals surface area contributed by atoms with E-state index in [-0.39, 0.29) is 5.56 Å². The molecule has 0 atom stereocenters. The molecular weight excluding hydrogens is 349 g/mol. The second kappa shape index (κ2) is 7.89. The number of nitrogens with one attached hydrogen (secondary N) is 1. The Kier molecular flexibility index (Phi) is 5.87. The summed E-state index contributed by atoms with van der Waals surface area (Å²) in [6.45, 7) is 0. The highest BCUT2D eigenvalue weighted by Gasteiger charge is 2.18. The summed E-state index contributed by atoms with van der Waals surface area (Å²) in [5.41, 5.74) is 0.901. The van der Waals surface area contributed by atoms with Gasteiger partial charge < -0.3 is 10.1 Å². The molecule has 25 heavy (non-hydrogen) atoms. The van der Waals surface area contributed by atoms with E-state index >= 15 is 0 Å². The van der Waals surface area contributed by atoms with Crippen molar-refractivity contribution in [3.05, 3.63) is 65.5 Å². The predicted octanol–water partition coefficient (Wildman–Crippen LogP) is 2.17. The summed E-state index contributed by atoms with van der Waals surface area (Å²) in [6, 6.07) is 11.0. The number of methoxy groups -OCH3 is 1. The first-order valence-electron chi connectivity index (χ1n) is 7.22. The molecule has 0 aliphatic carbocycles. The molecule has 8 heteroatoms. The Morgan fingerprint density at radius 1 is 1.12 bits per heavy atom. The van der Waals surface area contributed by atoms with Crippen LogP contribution < -0.4 is 5.32 Å². The van der Waals surface area contributed by atoms with Gasteiger partial charge in [0.05, 0.1) is 18.4 Å². The molecule has 2 aromatic carbocycles. The minimum absolute atomic E-state index is 0.228. The van der Waals surface area contributed by atoms with Gasteiger partial charge in [0.1, 0.15) is 11.6 Å². The number of benzene rings is 2. The van der Waals surface area contributed by atoms with Gasteiger partial charge >= 0.3 is 5.97 Å². The summed E-state index contributed by atoms with van der Waals surface area (Å²) in [7, 11) is -2.52. The summed E-state index contributed by atoms with van der Waals surface area (Å²) in [5, 5.41) is 2.39. The zero-order chi connectivity index (χ0) is 18.4. The van der Waals surface area contributed by atoms with Crippen LogP contribution in [-0.4, -0.2) is 33.2 Å². The van der Waals surface area contributed by atoms with Crippen LogP contribution in [0.2, 0.25) is 0 Å². The molecule has 6 nitrogen and oxygen atoms in total. The number of esters is 1. The van der Waals surface area contributed by atoms with Gasteiger partial charge in [-0.2, -0.15) is 0 Å². The Morgan fingerprint density at radius 2 is 1.80 bits per heavy atom.